The molecule has 10 heavy (non-hydrogen) atoms. The van der Waals surface area contributed by atoms with Crippen LogP contribution in [0.3, 0.4) is 0 Å². The molecule has 2 fully saturated rings. The van der Waals surface area contributed by atoms with E-state index in [0.29, 0.717) is 12.0 Å². The molecule has 3 nitrogen and oxygen atoms in total. The largest absolute Gasteiger partial charge is 0.338 e. The molecule has 0 bridgehead atoms. The number of carbonyl (C=O) groups is 1. The Labute approximate surface area is 60.2 Å². The summed E-state index contributed by atoms with van der Waals surface area (Å²) in [4.78, 5) is 10.8. The monoisotopic (exact) mass is 140 g/mol. The summed E-state index contributed by atoms with van der Waals surface area (Å²) in [7, 11) is 0. The number of amides is 2. The third-order valence-corrected chi connectivity index (χ3v) is 2.50. The lowest BCUT2D eigenvalue weighted by Gasteiger charge is -2.26. The molecular formula is C7H12N2O. The Bertz CT molecular complexity index is 158. The first-order chi connectivity index (χ1) is 4.86. The van der Waals surface area contributed by atoms with Gasteiger partial charge in [0.1, 0.15) is 0 Å². The fourth-order valence-electron chi connectivity index (χ4n) is 1.91. The zero-order valence-electron chi connectivity index (χ0n) is 5.89. The van der Waals surface area contributed by atoms with Crippen molar-refractivity contribution in [1.82, 2.24) is 10.6 Å². The van der Waals surface area contributed by atoms with Gasteiger partial charge in [-0.15, -0.1) is 0 Å². The van der Waals surface area contributed by atoms with Crippen molar-refractivity contribution in [2.75, 3.05) is 6.54 Å². The van der Waals surface area contributed by atoms with Gasteiger partial charge in [-0.3, -0.25) is 0 Å². The highest BCUT2D eigenvalue weighted by atomic mass is 16.2. The van der Waals surface area contributed by atoms with Crippen molar-refractivity contribution in [3.05, 3.63) is 0 Å². The molecule has 2 unspecified atom stereocenters. The van der Waals surface area contributed by atoms with E-state index in [1.165, 1.54) is 19.3 Å². The topological polar surface area (TPSA) is 41.1 Å². The van der Waals surface area contributed by atoms with Gasteiger partial charge in [-0.05, 0) is 18.8 Å². The van der Waals surface area contributed by atoms with E-state index in [-0.39, 0.29) is 6.03 Å². The summed E-state index contributed by atoms with van der Waals surface area (Å²) in [6.45, 7) is 0.885. The molecule has 1 saturated heterocycles. The van der Waals surface area contributed by atoms with Gasteiger partial charge < -0.3 is 10.6 Å². The fraction of sp³-hybridized carbons (Fsp3) is 0.857. The lowest BCUT2D eigenvalue weighted by molar-refractivity contribution is 0.220. The zero-order chi connectivity index (χ0) is 6.97. The quantitative estimate of drug-likeness (QED) is 0.504. The molecular weight excluding hydrogens is 128 g/mol. The number of hydrogen-bond acceptors (Lipinski definition) is 1. The van der Waals surface area contributed by atoms with Gasteiger partial charge in [-0.25, -0.2) is 4.79 Å². The van der Waals surface area contributed by atoms with Crippen LogP contribution in [-0.2, 0) is 0 Å². The third-order valence-electron chi connectivity index (χ3n) is 2.50. The Morgan fingerprint density at radius 3 is 3.20 bits per heavy atom. The molecule has 56 valence electrons. The van der Waals surface area contributed by atoms with Crippen LogP contribution in [0.5, 0.6) is 0 Å². The number of urea groups is 1. The van der Waals surface area contributed by atoms with E-state index in [2.05, 4.69) is 10.6 Å². The van der Waals surface area contributed by atoms with Crippen LogP contribution in [0.1, 0.15) is 19.3 Å². The first-order valence-electron chi connectivity index (χ1n) is 3.90. The molecule has 2 atom stereocenters. The Balaban J connectivity index is 2.03. The molecule has 1 aliphatic heterocycles. The van der Waals surface area contributed by atoms with Gasteiger partial charge in [0.15, 0.2) is 0 Å². The van der Waals surface area contributed by atoms with Gasteiger partial charge in [0.2, 0.25) is 0 Å². The van der Waals surface area contributed by atoms with E-state index >= 15 is 0 Å². The Hall–Kier alpha value is -0.730. The minimum absolute atomic E-state index is 0.0168. The number of fused-ring (bicyclic) bond motifs is 1. The predicted molar refractivity (Wildman–Crippen MR) is 37.7 cm³/mol. The van der Waals surface area contributed by atoms with Gasteiger partial charge in [0.25, 0.3) is 0 Å². The first-order valence-corrected chi connectivity index (χ1v) is 3.90. The molecule has 0 spiro atoms. The highest BCUT2D eigenvalue weighted by Gasteiger charge is 2.31. The maximum Gasteiger partial charge on any atom is 0.315 e. The van der Waals surface area contributed by atoms with Crippen LogP contribution in [0, 0.1) is 5.92 Å². The smallest absolute Gasteiger partial charge is 0.315 e. The fourth-order valence-corrected chi connectivity index (χ4v) is 1.91. The van der Waals surface area contributed by atoms with Crippen LogP contribution in [0.15, 0.2) is 0 Å². The molecule has 0 aromatic rings. The second-order valence-corrected chi connectivity index (χ2v) is 3.15. The van der Waals surface area contributed by atoms with E-state index < -0.39 is 0 Å². The van der Waals surface area contributed by atoms with Crippen molar-refractivity contribution in [2.45, 2.75) is 25.3 Å². The van der Waals surface area contributed by atoms with E-state index in [0.717, 1.165) is 6.54 Å². The average Bonchev–Trinajstić information content (AvgIpc) is 2.33. The van der Waals surface area contributed by atoms with Gasteiger partial charge in [0, 0.05) is 12.6 Å². The van der Waals surface area contributed by atoms with Gasteiger partial charge in [0.05, 0.1) is 0 Å². The highest BCUT2D eigenvalue weighted by Crippen LogP contribution is 2.26. The normalized spacial score (nSPS) is 38.2. The van der Waals surface area contributed by atoms with Crippen molar-refractivity contribution in [3.63, 3.8) is 0 Å². The van der Waals surface area contributed by atoms with E-state index in [1.54, 1.807) is 0 Å². The summed E-state index contributed by atoms with van der Waals surface area (Å²) in [5, 5.41) is 5.73. The van der Waals surface area contributed by atoms with E-state index in [4.69, 9.17) is 0 Å². The summed E-state index contributed by atoms with van der Waals surface area (Å²) in [5.74, 6) is 0.706. The van der Waals surface area contributed by atoms with Gasteiger partial charge >= 0.3 is 6.03 Å². The minimum atomic E-state index is 0.0168. The van der Waals surface area contributed by atoms with Gasteiger partial charge in [-0.1, -0.05) is 6.42 Å². The van der Waals surface area contributed by atoms with E-state index in [9.17, 15) is 4.79 Å². The van der Waals surface area contributed by atoms with E-state index in [1.807, 2.05) is 0 Å². The number of rotatable bonds is 0. The summed E-state index contributed by atoms with van der Waals surface area (Å²) in [6, 6.07) is 0.497. The Morgan fingerprint density at radius 1 is 1.40 bits per heavy atom. The molecule has 3 heteroatoms. The van der Waals surface area contributed by atoms with Crippen LogP contribution < -0.4 is 10.6 Å². The second-order valence-electron chi connectivity index (χ2n) is 3.15. The Morgan fingerprint density at radius 2 is 2.30 bits per heavy atom. The second kappa shape index (κ2) is 2.15. The van der Waals surface area contributed by atoms with Crippen LogP contribution in [0.25, 0.3) is 0 Å². The van der Waals surface area contributed by atoms with Crippen LogP contribution >= 0.6 is 0 Å². The predicted octanol–water partition coefficient (Wildman–Crippen LogP) is 0.468. The molecule has 0 aromatic heterocycles. The van der Waals surface area contributed by atoms with Crippen molar-refractivity contribution >= 4 is 6.03 Å². The van der Waals surface area contributed by atoms with Crippen LogP contribution in [-0.4, -0.2) is 18.6 Å². The van der Waals surface area contributed by atoms with Crippen molar-refractivity contribution in [2.24, 2.45) is 5.92 Å². The maximum atomic E-state index is 10.8. The lowest BCUT2D eigenvalue weighted by atomic mass is 10.0. The Kier molecular flexibility index (Phi) is 1.29. The van der Waals surface area contributed by atoms with Crippen LogP contribution in [0.4, 0.5) is 4.79 Å². The first kappa shape index (κ1) is 6.01. The molecule has 1 aliphatic carbocycles. The van der Waals surface area contributed by atoms with Crippen molar-refractivity contribution < 1.29 is 4.79 Å². The SMILES string of the molecule is O=C1NCC2CCCC2N1. The zero-order valence-corrected chi connectivity index (χ0v) is 5.89. The molecule has 1 saturated carbocycles. The number of hydrogen-bond donors (Lipinski definition) is 2. The molecule has 0 aromatic carbocycles. The van der Waals surface area contributed by atoms with Crippen molar-refractivity contribution in [1.29, 1.82) is 0 Å². The maximum absolute atomic E-state index is 10.8. The summed E-state index contributed by atoms with van der Waals surface area (Å²) in [5.41, 5.74) is 0. The minimum Gasteiger partial charge on any atom is -0.338 e. The van der Waals surface area contributed by atoms with Gasteiger partial charge in [-0.2, -0.15) is 0 Å². The standard InChI is InChI=1S/C7H12N2O/c10-7-8-4-5-2-1-3-6(5)9-7/h5-6H,1-4H2,(H2,8,9,10). The average molecular weight is 140 g/mol. The third kappa shape index (κ3) is 0.856. The number of nitrogens with one attached hydrogen (secondary N) is 2. The number of carbonyl (C=O) groups excluding carboxylic acids is 1. The van der Waals surface area contributed by atoms with Crippen molar-refractivity contribution in [3.8, 4) is 0 Å². The summed E-state index contributed by atoms with van der Waals surface area (Å²) >= 11 is 0. The lowest BCUT2D eigenvalue weighted by Crippen LogP contribution is -2.52. The summed E-state index contributed by atoms with van der Waals surface area (Å²) in [6.07, 6.45) is 3.73. The molecule has 2 aliphatic rings. The molecule has 0 radical (unpaired) electrons. The molecule has 2 amide bonds. The summed E-state index contributed by atoms with van der Waals surface area (Å²) < 4.78 is 0. The highest BCUT2D eigenvalue weighted by molar-refractivity contribution is 5.75. The molecule has 2 rings (SSSR count). The molecule has 1 heterocycles. The van der Waals surface area contributed by atoms with Crippen LogP contribution in [0.2, 0.25) is 0 Å². The molecule has 2 N–H and O–H groups in total.